The fourth-order valence-electron chi connectivity index (χ4n) is 1.32. The third-order valence-corrected chi connectivity index (χ3v) is 2.08. The third-order valence-electron chi connectivity index (χ3n) is 2.08. The van der Waals surface area contributed by atoms with E-state index < -0.39 is 0 Å². The summed E-state index contributed by atoms with van der Waals surface area (Å²) in [4.78, 5) is 0. The monoisotopic (exact) mass is 166 g/mol. The number of hydrogen-bond donors (Lipinski definition) is 0. The summed E-state index contributed by atoms with van der Waals surface area (Å²) < 4.78 is 0. The van der Waals surface area contributed by atoms with Gasteiger partial charge in [-0.1, -0.05) is 44.9 Å². The fourth-order valence-corrected chi connectivity index (χ4v) is 1.32. The summed E-state index contributed by atoms with van der Waals surface area (Å²) >= 11 is 0. The van der Waals surface area contributed by atoms with Crippen LogP contribution in [-0.2, 0) is 0 Å². The molecule has 0 amide bonds. The molecule has 0 spiro atoms. The van der Waals surface area contributed by atoms with Crippen LogP contribution in [0.25, 0.3) is 0 Å². The molecule has 0 aromatic carbocycles. The van der Waals surface area contributed by atoms with Crippen LogP contribution in [0.1, 0.15) is 53.4 Å². The van der Waals surface area contributed by atoms with Crippen molar-refractivity contribution < 1.29 is 0 Å². The second-order valence-electron chi connectivity index (χ2n) is 3.17. The highest BCUT2D eigenvalue weighted by Gasteiger charge is 1.94. The van der Waals surface area contributed by atoms with Crippen molar-refractivity contribution in [1.82, 2.24) is 0 Å². The first-order valence-corrected chi connectivity index (χ1v) is 5.12. The summed E-state index contributed by atoms with van der Waals surface area (Å²) in [5, 5.41) is 0. The topological polar surface area (TPSA) is 0 Å². The van der Waals surface area contributed by atoms with Crippen molar-refractivity contribution in [2.75, 3.05) is 0 Å². The van der Waals surface area contributed by atoms with Gasteiger partial charge >= 0.3 is 0 Å². The minimum absolute atomic E-state index is 1.15. The van der Waals surface area contributed by atoms with E-state index in [-0.39, 0.29) is 0 Å². The highest BCUT2D eigenvalue weighted by molar-refractivity contribution is 5.28. The molecule has 12 heavy (non-hydrogen) atoms. The van der Waals surface area contributed by atoms with E-state index in [2.05, 4.69) is 39.8 Å². The molecule has 0 nitrogen and oxygen atoms in total. The molecule has 0 aromatic heterocycles. The molecule has 70 valence electrons. The maximum atomic E-state index is 2.35. The van der Waals surface area contributed by atoms with Gasteiger partial charge in [0, 0.05) is 0 Å². The molecule has 0 radical (unpaired) electrons. The minimum atomic E-state index is 1.15. The Labute approximate surface area is 77.4 Å². The molecule has 0 unspecified atom stereocenters. The summed E-state index contributed by atoms with van der Waals surface area (Å²) in [5.74, 6) is 0. The van der Waals surface area contributed by atoms with E-state index in [1.54, 1.807) is 0 Å². The van der Waals surface area contributed by atoms with Crippen molar-refractivity contribution >= 4 is 0 Å². The van der Waals surface area contributed by atoms with Crippen molar-refractivity contribution in [2.45, 2.75) is 53.4 Å². The van der Waals surface area contributed by atoms with Crippen molar-refractivity contribution in [3.63, 3.8) is 0 Å². The van der Waals surface area contributed by atoms with Crippen LogP contribution in [0.4, 0.5) is 0 Å². The Kier molecular flexibility index (Phi) is 6.84. The lowest BCUT2D eigenvalue weighted by Gasteiger charge is -2.04. The molecule has 0 atom stereocenters. The summed E-state index contributed by atoms with van der Waals surface area (Å²) in [6.07, 6.45) is 9.47. The SMILES string of the molecule is CCC=C(CC)/C(C)=C/CCC. The molecule has 0 aliphatic rings. The van der Waals surface area contributed by atoms with E-state index in [0.29, 0.717) is 0 Å². The Morgan fingerprint density at radius 3 is 2.17 bits per heavy atom. The van der Waals surface area contributed by atoms with Gasteiger partial charge in [-0.2, -0.15) is 0 Å². The Bertz CT molecular complexity index is 161. The van der Waals surface area contributed by atoms with Gasteiger partial charge in [0.2, 0.25) is 0 Å². The van der Waals surface area contributed by atoms with Gasteiger partial charge in [-0.05, 0) is 31.8 Å². The number of hydrogen-bond acceptors (Lipinski definition) is 0. The standard InChI is InChI=1S/C12H22/c1-5-8-10-11(4)12(7-3)9-6-2/h9-10H,5-8H2,1-4H3/b11-10+,12-9?. The molecule has 0 N–H and O–H groups in total. The van der Waals surface area contributed by atoms with Crippen molar-refractivity contribution in [3.8, 4) is 0 Å². The van der Waals surface area contributed by atoms with Gasteiger partial charge in [-0.15, -0.1) is 0 Å². The number of unbranched alkanes of at least 4 members (excludes halogenated alkanes) is 1. The van der Waals surface area contributed by atoms with Crippen LogP contribution < -0.4 is 0 Å². The van der Waals surface area contributed by atoms with Crippen LogP contribution in [0.3, 0.4) is 0 Å². The first-order chi connectivity index (χ1) is 5.76. The molecule has 0 rings (SSSR count). The first-order valence-electron chi connectivity index (χ1n) is 5.12. The summed E-state index contributed by atoms with van der Waals surface area (Å²) in [6.45, 7) is 8.87. The van der Waals surface area contributed by atoms with Crippen LogP contribution in [0.5, 0.6) is 0 Å². The second kappa shape index (κ2) is 7.15. The van der Waals surface area contributed by atoms with Gasteiger partial charge in [-0.3, -0.25) is 0 Å². The maximum absolute atomic E-state index is 2.35. The molecule has 0 aliphatic heterocycles. The zero-order chi connectivity index (χ0) is 9.40. The van der Waals surface area contributed by atoms with E-state index in [0.717, 1.165) is 6.42 Å². The van der Waals surface area contributed by atoms with E-state index in [1.165, 1.54) is 30.4 Å². The lowest BCUT2D eigenvalue weighted by molar-refractivity contribution is 0.942. The Balaban J connectivity index is 4.20. The first kappa shape index (κ1) is 11.5. The molecule has 0 saturated heterocycles. The van der Waals surface area contributed by atoms with Gasteiger partial charge in [0.05, 0.1) is 0 Å². The van der Waals surface area contributed by atoms with Crippen LogP contribution in [-0.4, -0.2) is 0 Å². The zero-order valence-electron chi connectivity index (χ0n) is 8.98. The normalized spacial score (nSPS) is 13.7. The van der Waals surface area contributed by atoms with Crippen molar-refractivity contribution in [3.05, 3.63) is 23.3 Å². The van der Waals surface area contributed by atoms with E-state index in [9.17, 15) is 0 Å². The van der Waals surface area contributed by atoms with Crippen LogP contribution >= 0.6 is 0 Å². The Hall–Kier alpha value is -0.520. The number of allylic oxidation sites excluding steroid dienone is 4. The number of rotatable bonds is 5. The maximum Gasteiger partial charge on any atom is -0.0308 e. The molecule has 0 aromatic rings. The molecule has 0 heterocycles. The highest BCUT2D eigenvalue weighted by Crippen LogP contribution is 2.14. The average molecular weight is 166 g/mol. The molecule has 0 aliphatic carbocycles. The second-order valence-corrected chi connectivity index (χ2v) is 3.17. The molecular weight excluding hydrogens is 144 g/mol. The zero-order valence-corrected chi connectivity index (χ0v) is 8.98. The molecule has 0 saturated carbocycles. The van der Waals surface area contributed by atoms with Gasteiger partial charge < -0.3 is 0 Å². The predicted octanol–water partition coefficient (Wildman–Crippen LogP) is 4.48. The lowest BCUT2D eigenvalue weighted by atomic mass is 10.0. The molecule has 0 fully saturated rings. The van der Waals surface area contributed by atoms with Gasteiger partial charge in [0.1, 0.15) is 0 Å². The average Bonchev–Trinajstić information content (AvgIpc) is 2.10. The largest absolute Gasteiger partial charge is 0.0813 e. The lowest BCUT2D eigenvalue weighted by Crippen LogP contribution is -1.83. The van der Waals surface area contributed by atoms with Crippen molar-refractivity contribution in [2.24, 2.45) is 0 Å². The smallest absolute Gasteiger partial charge is 0.0308 e. The Morgan fingerprint density at radius 2 is 1.75 bits per heavy atom. The van der Waals surface area contributed by atoms with E-state index in [1.807, 2.05) is 0 Å². The summed E-state index contributed by atoms with van der Waals surface area (Å²) in [5.41, 5.74) is 2.99. The highest BCUT2D eigenvalue weighted by atomic mass is 14.0. The summed E-state index contributed by atoms with van der Waals surface area (Å²) in [7, 11) is 0. The third kappa shape index (κ3) is 4.38. The van der Waals surface area contributed by atoms with E-state index >= 15 is 0 Å². The van der Waals surface area contributed by atoms with E-state index in [4.69, 9.17) is 0 Å². The minimum Gasteiger partial charge on any atom is -0.0813 e. The van der Waals surface area contributed by atoms with Crippen LogP contribution in [0.2, 0.25) is 0 Å². The van der Waals surface area contributed by atoms with Crippen molar-refractivity contribution in [1.29, 1.82) is 0 Å². The van der Waals surface area contributed by atoms with Gasteiger partial charge in [0.15, 0.2) is 0 Å². The quantitative estimate of drug-likeness (QED) is 0.528. The van der Waals surface area contributed by atoms with Gasteiger partial charge in [0.25, 0.3) is 0 Å². The molecule has 0 bridgehead atoms. The Morgan fingerprint density at radius 1 is 1.08 bits per heavy atom. The predicted molar refractivity (Wildman–Crippen MR) is 57.3 cm³/mol. The summed E-state index contributed by atoms with van der Waals surface area (Å²) in [6, 6.07) is 0. The fraction of sp³-hybridized carbons (Fsp3) is 0.667. The molecule has 0 heteroatoms. The molecular formula is C12H22. The van der Waals surface area contributed by atoms with Crippen LogP contribution in [0, 0.1) is 0 Å². The van der Waals surface area contributed by atoms with Crippen LogP contribution in [0.15, 0.2) is 23.3 Å². The van der Waals surface area contributed by atoms with Gasteiger partial charge in [-0.25, -0.2) is 0 Å².